The van der Waals surface area contributed by atoms with Gasteiger partial charge in [-0.25, -0.2) is 0 Å². The monoisotopic (exact) mass is 296 g/mol. The average molecular weight is 296 g/mol. The minimum absolute atomic E-state index is 0.148. The Morgan fingerprint density at radius 1 is 0.762 bits per heavy atom. The first-order chi connectivity index (χ1) is 10.1. The zero-order valence-electron chi connectivity index (χ0n) is 14.5. The van der Waals surface area contributed by atoms with Gasteiger partial charge in [-0.1, -0.05) is 53.4 Å². The van der Waals surface area contributed by atoms with Crippen molar-refractivity contribution in [3.63, 3.8) is 0 Å². The van der Waals surface area contributed by atoms with Crippen LogP contribution in [0.3, 0.4) is 0 Å². The van der Waals surface area contributed by atoms with E-state index in [-0.39, 0.29) is 18.1 Å². The van der Waals surface area contributed by atoms with E-state index in [0.717, 1.165) is 38.5 Å². The zero-order chi connectivity index (χ0) is 15.6. The molecule has 0 aromatic rings. The largest absolute Gasteiger partial charge is 0.392 e. The van der Waals surface area contributed by atoms with E-state index in [0.29, 0.717) is 29.6 Å². The Kier molecular flexibility index (Phi) is 6.14. The van der Waals surface area contributed by atoms with Crippen LogP contribution in [-0.2, 0) is 0 Å². The number of aliphatic hydroxyl groups excluding tert-OH is 2. The summed E-state index contributed by atoms with van der Waals surface area (Å²) in [6, 6.07) is 0. The van der Waals surface area contributed by atoms with Gasteiger partial charge < -0.3 is 10.2 Å². The van der Waals surface area contributed by atoms with Gasteiger partial charge in [-0.3, -0.25) is 0 Å². The second kappa shape index (κ2) is 7.46. The van der Waals surface area contributed by atoms with Crippen LogP contribution in [0.4, 0.5) is 0 Å². The van der Waals surface area contributed by atoms with Gasteiger partial charge in [0.05, 0.1) is 12.2 Å². The second-order valence-electron chi connectivity index (χ2n) is 7.61. The van der Waals surface area contributed by atoms with Crippen LogP contribution in [-0.4, -0.2) is 22.4 Å². The van der Waals surface area contributed by atoms with Crippen LogP contribution in [0.25, 0.3) is 0 Å². The molecule has 2 saturated carbocycles. The van der Waals surface area contributed by atoms with Crippen molar-refractivity contribution < 1.29 is 10.2 Å². The lowest BCUT2D eigenvalue weighted by atomic mass is 9.67. The molecule has 0 aliphatic heterocycles. The molecule has 0 aromatic heterocycles. The van der Waals surface area contributed by atoms with Crippen molar-refractivity contribution in [2.45, 2.75) is 84.8 Å². The van der Waals surface area contributed by atoms with Crippen LogP contribution in [0.2, 0.25) is 0 Å². The molecule has 4 unspecified atom stereocenters. The van der Waals surface area contributed by atoms with Gasteiger partial charge in [-0.2, -0.15) is 0 Å². The molecule has 2 nitrogen and oxygen atoms in total. The summed E-state index contributed by atoms with van der Waals surface area (Å²) in [5.74, 6) is 2.80. The summed E-state index contributed by atoms with van der Waals surface area (Å²) < 4.78 is 0. The van der Waals surface area contributed by atoms with Gasteiger partial charge in [0.1, 0.15) is 0 Å². The summed E-state index contributed by atoms with van der Waals surface area (Å²) in [6.45, 7) is 8.97. The highest BCUT2D eigenvalue weighted by Crippen LogP contribution is 2.52. The van der Waals surface area contributed by atoms with E-state index in [9.17, 15) is 10.2 Å². The molecule has 0 heterocycles. The molecule has 0 saturated heterocycles. The molecule has 0 radical (unpaired) electrons. The highest BCUT2D eigenvalue weighted by molar-refractivity contribution is 5.01. The Bertz CT molecular complexity index is 299. The molecule has 2 aliphatic rings. The van der Waals surface area contributed by atoms with Gasteiger partial charge in [0.2, 0.25) is 0 Å². The van der Waals surface area contributed by atoms with E-state index in [2.05, 4.69) is 27.7 Å². The van der Waals surface area contributed by atoms with Crippen LogP contribution < -0.4 is 0 Å². The average Bonchev–Trinajstić information content (AvgIpc) is 2.82. The second-order valence-corrected chi connectivity index (χ2v) is 7.61. The van der Waals surface area contributed by atoms with E-state index >= 15 is 0 Å². The molecule has 0 bridgehead atoms. The predicted octanol–water partition coefficient (Wildman–Crippen LogP) is 4.24. The van der Waals surface area contributed by atoms with Crippen molar-refractivity contribution in [3.05, 3.63) is 0 Å². The van der Waals surface area contributed by atoms with Gasteiger partial charge in [-0.05, 0) is 48.9 Å². The van der Waals surface area contributed by atoms with Crippen LogP contribution in [0, 0.1) is 35.5 Å². The molecule has 2 aliphatic carbocycles. The van der Waals surface area contributed by atoms with Gasteiger partial charge in [0, 0.05) is 5.92 Å². The number of hydrogen-bond donors (Lipinski definition) is 2. The van der Waals surface area contributed by atoms with E-state index < -0.39 is 0 Å². The highest BCUT2D eigenvalue weighted by Gasteiger charge is 2.52. The smallest absolute Gasteiger partial charge is 0.0626 e. The number of aliphatic hydroxyl groups is 2. The first-order valence-electron chi connectivity index (χ1n) is 9.44. The third kappa shape index (κ3) is 3.17. The molecule has 6 atom stereocenters. The third-order valence-electron chi connectivity index (χ3n) is 6.96. The lowest BCUT2D eigenvalue weighted by molar-refractivity contribution is -0.0734. The fourth-order valence-corrected chi connectivity index (χ4v) is 5.64. The van der Waals surface area contributed by atoms with E-state index in [1.54, 1.807) is 0 Å². The minimum atomic E-state index is -0.275. The Morgan fingerprint density at radius 2 is 1.24 bits per heavy atom. The lowest BCUT2D eigenvalue weighted by Crippen LogP contribution is -2.45. The van der Waals surface area contributed by atoms with E-state index in [1.165, 1.54) is 6.42 Å². The number of fused-ring (bicyclic) bond motifs is 1. The van der Waals surface area contributed by atoms with E-state index in [4.69, 9.17) is 0 Å². The first-order valence-corrected chi connectivity index (χ1v) is 9.44. The number of rotatable bonds is 6. The maximum Gasteiger partial charge on any atom is 0.0626 e. The summed E-state index contributed by atoms with van der Waals surface area (Å²) in [7, 11) is 0. The van der Waals surface area contributed by atoms with Crippen molar-refractivity contribution in [2.24, 2.45) is 35.5 Å². The summed E-state index contributed by atoms with van der Waals surface area (Å²) >= 11 is 0. The van der Waals surface area contributed by atoms with Gasteiger partial charge in [0.25, 0.3) is 0 Å². The molecule has 0 spiro atoms. The van der Waals surface area contributed by atoms with Gasteiger partial charge in [0.15, 0.2) is 0 Å². The lowest BCUT2D eigenvalue weighted by Gasteiger charge is -2.42. The van der Waals surface area contributed by atoms with Gasteiger partial charge in [-0.15, -0.1) is 0 Å². The van der Waals surface area contributed by atoms with E-state index in [1.807, 2.05) is 0 Å². The predicted molar refractivity (Wildman–Crippen MR) is 88.0 cm³/mol. The SMILES string of the molecule is CCC(CC)[C@H]1CCC2C[C@H](C(CC)CC)C(O)C2C1O. The summed E-state index contributed by atoms with van der Waals surface area (Å²) in [4.78, 5) is 0. The number of hydrogen-bond acceptors (Lipinski definition) is 2. The maximum absolute atomic E-state index is 10.9. The molecule has 2 N–H and O–H groups in total. The fraction of sp³-hybridized carbons (Fsp3) is 1.00. The van der Waals surface area contributed by atoms with Crippen LogP contribution >= 0.6 is 0 Å². The molecule has 2 heteroatoms. The molecule has 21 heavy (non-hydrogen) atoms. The molecule has 2 fully saturated rings. The Hall–Kier alpha value is -0.0800. The molecular formula is C19H36O2. The Labute approximate surface area is 131 Å². The molecule has 124 valence electrons. The third-order valence-corrected chi connectivity index (χ3v) is 6.96. The Morgan fingerprint density at radius 3 is 1.76 bits per heavy atom. The molecule has 0 aromatic carbocycles. The van der Waals surface area contributed by atoms with Crippen molar-refractivity contribution in [1.82, 2.24) is 0 Å². The van der Waals surface area contributed by atoms with Gasteiger partial charge >= 0.3 is 0 Å². The van der Waals surface area contributed by atoms with Crippen molar-refractivity contribution in [1.29, 1.82) is 0 Å². The molecular weight excluding hydrogens is 260 g/mol. The van der Waals surface area contributed by atoms with Crippen molar-refractivity contribution in [2.75, 3.05) is 0 Å². The van der Waals surface area contributed by atoms with Crippen molar-refractivity contribution in [3.8, 4) is 0 Å². The summed E-state index contributed by atoms with van der Waals surface area (Å²) in [6.07, 6.45) is 7.60. The minimum Gasteiger partial charge on any atom is -0.392 e. The maximum atomic E-state index is 10.9. The molecule has 2 rings (SSSR count). The fourth-order valence-electron chi connectivity index (χ4n) is 5.64. The molecule has 0 amide bonds. The normalized spacial score (nSPS) is 40.0. The summed E-state index contributed by atoms with van der Waals surface area (Å²) in [5, 5.41) is 21.8. The van der Waals surface area contributed by atoms with Crippen molar-refractivity contribution >= 4 is 0 Å². The quantitative estimate of drug-likeness (QED) is 0.769. The summed E-state index contributed by atoms with van der Waals surface area (Å²) in [5.41, 5.74) is 0. The van der Waals surface area contributed by atoms with Crippen LogP contribution in [0.1, 0.15) is 72.6 Å². The van der Waals surface area contributed by atoms with Crippen LogP contribution in [0.5, 0.6) is 0 Å². The highest BCUT2D eigenvalue weighted by atomic mass is 16.3. The topological polar surface area (TPSA) is 40.5 Å². The van der Waals surface area contributed by atoms with Crippen LogP contribution in [0.15, 0.2) is 0 Å². The zero-order valence-corrected chi connectivity index (χ0v) is 14.5. The first kappa shape index (κ1) is 17.3. The standard InChI is InChI=1S/C19H36O2/c1-5-12(6-2)15-10-9-14-11-16(13(7-3)8-4)19(21)17(14)18(15)20/h12-21H,5-11H2,1-4H3/t14?,15-,16-,17?,18?,19?/m1/s1. The Balaban J connectivity index is 2.11.